The molecule has 7 N–H and O–H groups in total. The van der Waals surface area contributed by atoms with Gasteiger partial charge in [-0.05, 0) is 160 Å². The quantitative estimate of drug-likeness (QED) is 0.0301. The summed E-state index contributed by atoms with van der Waals surface area (Å²) in [6, 6.07) is 6.67. The summed E-state index contributed by atoms with van der Waals surface area (Å²) in [5.41, 5.74) is -0.348. The lowest BCUT2D eigenvalue weighted by Crippen LogP contribution is -2.34. The van der Waals surface area contributed by atoms with E-state index in [2.05, 4.69) is 0 Å². The Morgan fingerprint density at radius 1 is 0.483 bits per heavy atom. The van der Waals surface area contributed by atoms with Gasteiger partial charge in [0.1, 0.15) is 6.61 Å². The molecular weight excluding hydrogens is 744 g/mol. The number of aliphatic carboxylic acids is 4. The van der Waals surface area contributed by atoms with Crippen LogP contribution in [0.4, 0.5) is 0 Å². The fraction of sp³-hybridized carbons (Fsp3) is 0.652. The van der Waals surface area contributed by atoms with Crippen molar-refractivity contribution in [2.24, 2.45) is 21.7 Å². The van der Waals surface area contributed by atoms with E-state index in [1.165, 1.54) is 6.07 Å². The molecule has 0 bridgehead atoms. The first-order chi connectivity index (χ1) is 26.9. The molecule has 326 valence electrons. The lowest BCUT2D eigenvalue weighted by atomic mass is 9.85. The molecule has 0 saturated heterocycles. The minimum atomic E-state index is -1.25. The van der Waals surface area contributed by atoms with Crippen LogP contribution in [0, 0.1) is 21.7 Å². The molecule has 2 rings (SSSR count). The van der Waals surface area contributed by atoms with Crippen LogP contribution >= 0.6 is 0 Å². The van der Waals surface area contributed by atoms with Crippen molar-refractivity contribution < 1.29 is 59.7 Å². The number of unbranched alkanes of at least 4 members (excludes halogenated alkanes) is 6. The first-order valence-electron chi connectivity index (χ1n) is 20.9. The minimum absolute atomic E-state index is 0.0935. The third-order valence-electron chi connectivity index (χ3n) is 11.8. The number of ether oxygens (including phenoxy) is 1. The van der Waals surface area contributed by atoms with Crippen molar-refractivity contribution in [3.8, 4) is 23.0 Å². The van der Waals surface area contributed by atoms with Crippen molar-refractivity contribution in [1.82, 2.24) is 0 Å². The number of rotatable bonds is 29. The van der Waals surface area contributed by atoms with Gasteiger partial charge in [-0.15, -0.1) is 0 Å². The molecule has 12 nitrogen and oxygen atoms in total. The zero-order chi connectivity index (χ0) is 43.9. The smallest absolute Gasteiger partial charge is 0.312 e. The fourth-order valence-corrected chi connectivity index (χ4v) is 7.03. The summed E-state index contributed by atoms with van der Waals surface area (Å²) < 4.78 is 6.05. The van der Waals surface area contributed by atoms with E-state index in [-0.39, 0.29) is 29.6 Å². The van der Waals surface area contributed by atoms with Crippen LogP contribution in [0.5, 0.6) is 23.0 Å². The van der Waals surface area contributed by atoms with Crippen molar-refractivity contribution in [3.05, 3.63) is 46.5 Å². The Morgan fingerprint density at radius 3 is 1.38 bits per heavy atom. The number of hydrogen-bond acceptors (Lipinski definition) is 8. The number of benzene rings is 2. The second-order valence-corrected chi connectivity index (χ2v) is 18.4. The molecule has 0 saturated carbocycles. The van der Waals surface area contributed by atoms with Crippen LogP contribution in [0.3, 0.4) is 0 Å². The van der Waals surface area contributed by atoms with Crippen molar-refractivity contribution >= 4 is 23.9 Å². The third-order valence-corrected chi connectivity index (χ3v) is 11.8. The maximum Gasteiger partial charge on any atom is 0.312 e. The molecule has 0 heterocycles. The van der Waals surface area contributed by atoms with Crippen LogP contribution in [0.15, 0.2) is 24.3 Å². The summed E-state index contributed by atoms with van der Waals surface area (Å²) >= 11 is 0. The van der Waals surface area contributed by atoms with Crippen LogP contribution in [-0.4, -0.2) is 66.2 Å². The monoisotopic (exact) mass is 814 g/mol. The zero-order valence-corrected chi connectivity index (χ0v) is 35.9. The molecule has 0 aromatic heterocycles. The number of carbonyl (C=O) groups is 4. The highest BCUT2D eigenvalue weighted by molar-refractivity contribution is 5.75. The van der Waals surface area contributed by atoms with E-state index in [4.69, 9.17) is 4.74 Å². The minimum Gasteiger partial charge on any atom is -0.504 e. The predicted molar refractivity (Wildman–Crippen MR) is 223 cm³/mol. The Balaban J connectivity index is 2.07. The van der Waals surface area contributed by atoms with Crippen LogP contribution < -0.4 is 4.74 Å². The van der Waals surface area contributed by atoms with E-state index in [1.807, 2.05) is 0 Å². The van der Waals surface area contributed by atoms with Gasteiger partial charge in [0.05, 0.1) is 21.7 Å². The first kappa shape index (κ1) is 49.7. The molecule has 0 radical (unpaired) electrons. The van der Waals surface area contributed by atoms with Crippen molar-refractivity contribution in [2.75, 3.05) is 6.61 Å². The molecule has 0 aliphatic rings. The Hall–Kier alpha value is -4.48. The highest BCUT2D eigenvalue weighted by Gasteiger charge is 2.34. The average Bonchev–Trinajstić information content (AvgIpc) is 3.13. The topological polar surface area (TPSA) is 219 Å². The normalized spacial score (nSPS) is 13.2. The number of phenolic OH excluding ortho intramolecular Hbond substituents is 3. The van der Waals surface area contributed by atoms with Crippen LogP contribution in [0.2, 0.25) is 0 Å². The van der Waals surface area contributed by atoms with Gasteiger partial charge < -0.3 is 40.5 Å². The van der Waals surface area contributed by atoms with Gasteiger partial charge in [-0.25, -0.2) is 0 Å². The maximum absolute atomic E-state index is 12.5. The molecular formula is C46H70O12. The number of aromatic hydroxyl groups is 3. The molecule has 0 aliphatic carbocycles. The lowest BCUT2D eigenvalue weighted by molar-refractivity contribution is -0.150. The van der Waals surface area contributed by atoms with Gasteiger partial charge >= 0.3 is 23.9 Å². The van der Waals surface area contributed by atoms with Gasteiger partial charge in [0.15, 0.2) is 23.0 Å². The van der Waals surface area contributed by atoms with Crippen molar-refractivity contribution in [1.29, 1.82) is 0 Å². The van der Waals surface area contributed by atoms with E-state index < -0.39 is 45.5 Å². The molecule has 1 unspecified atom stereocenters. The molecule has 1 atom stereocenters. The van der Waals surface area contributed by atoms with E-state index in [0.29, 0.717) is 102 Å². The van der Waals surface area contributed by atoms with Gasteiger partial charge in [0.25, 0.3) is 0 Å². The van der Waals surface area contributed by atoms with E-state index in [0.717, 1.165) is 36.0 Å². The maximum atomic E-state index is 12.5. The Bertz CT molecular complexity index is 1690. The summed E-state index contributed by atoms with van der Waals surface area (Å²) in [4.78, 5) is 47.1. The van der Waals surface area contributed by atoms with Crippen LogP contribution in [-0.2, 0) is 44.9 Å². The van der Waals surface area contributed by atoms with E-state index >= 15 is 0 Å². The van der Waals surface area contributed by atoms with Crippen molar-refractivity contribution in [3.63, 3.8) is 0 Å². The summed E-state index contributed by atoms with van der Waals surface area (Å²) in [5, 5.41) is 70.4. The van der Waals surface area contributed by atoms with E-state index in [1.54, 1.807) is 66.7 Å². The SMILES string of the molecule is CC(C)(CCCCCc1cc(O)c(OCC(C)(CCCCCc2ccc(O)c(O)c2CCCCC(C)(C)C(=O)O)C(=O)O)cc1CCCCC(C)(C)C(=O)O)C(=O)O. The molecule has 2 aromatic rings. The third kappa shape index (κ3) is 15.4. The Labute approximate surface area is 344 Å². The first-order valence-corrected chi connectivity index (χ1v) is 20.9. The zero-order valence-electron chi connectivity index (χ0n) is 35.9. The van der Waals surface area contributed by atoms with Crippen molar-refractivity contribution in [2.45, 2.75) is 164 Å². The molecule has 0 aliphatic heterocycles. The fourth-order valence-electron chi connectivity index (χ4n) is 7.03. The summed E-state index contributed by atoms with van der Waals surface area (Å²) in [7, 11) is 0. The lowest BCUT2D eigenvalue weighted by Gasteiger charge is -2.26. The Morgan fingerprint density at radius 2 is 0.897 bits per heavy atom. The van der Waals surface area contributed by atoms with Crippen LogP contribution in [0.1, 0.15) is 161 Å². The molecule has 12 heteroatoms. The summed E-state index contributed by atoms with van der Waals surface area (Å²) in [5.74, 6) is -3.83. The number of carboxylic acid groups (broad SMARTS) is 4. The molecule has 0 amide bonds. The highest BCUT2D eigenvalue weighted by atomic mass is 16.5. The van der Waals surface area contributed by atoms with Gasteiger partial charge in [0, 0.05) is 5.56 Å². The summed E-state index contributed by atoms with van der Waals surface area (Å²) in [6.45, 7) is 11.7. The van der Waals surface area contributed by atoms with Gasteiger partial charge in [-0.2, -0.15) is 0 Å². The highest BCUT2D eigenvalue weighted by Crippen LogP contribution is 2.37. The number of carboxylic acids is 4. The second kappa shape index (κ2) is 22.0. The van der Waals surface area contributed by atoms with Crippen LogP contribution in [0.25, 0.3) is 0 Å². The number of hydrogen-bond donors (Lipinski definition) is 7. The number of aryl methyl sites for hydroxylation is 3. The van der Waals surface area contributed by atoms with E-state index in [9.17, 15) is 54.9 Å². The molecule has 0 spiro atoms. The second-order valence-electron chi connectivity index (χ2n) is 18.4. The van der Waals surface area contributed by atoms with Gasteiger partial charge in [-0.3, -0.25) is 19.2 Å². The largest absolute Gasteiger partial charge is 0.504 e. The predicted octanol–water partition coefficient (Wildman–Crippen LogP) is 9.94. The average molecular weight is 815 g/mol. The number of phenols is 3. The molecule has 2 aromatic carbocycles. The molecule has 58 heavy (non-hydrogen) atoms. The standard InChI is InChI=1S/C46H70O12/c1-43(2,39(50)51)24-14-8-11-19-32-28-36(48)37(29-33(32)20-12-16-25-44(3,4)40(52)53)58-30-46(7,42(56)57)27-15-9-10-18-31-22-23-35(47)38(49)34(31)21-13-17-26-45(5,6)41(54)55/h22-23,28-29,47-49H,8-21,24-27,30H2,1-7H3,(H,50,51)(H,52,53)(H,54,55)(H,56,57). The Kier molecular flexibility index (Phi) is 18.9. The van der Waals surface area contributed by atoms with Gasteiger partial charge in [-0.1, -0.05) is 44.6 Å². The van der Waals surface area contributed by atoms with Gasteiger partial charge in [0.2, 0.25) is 0 Å². The summed E-state index contributed by atoms with van der Waals surface area (Å²) in [6.07, 6.45) is 11.3. The molecule has 0 fully saturated rings.